The summed E-state index contributed by atoms with van der Waals surface area (Å²) in [4.78, 5) is 6.82. The average molecular weight is 218 g/mol. The molecule has 2 nitrogen and oxygen atoms in total. The van der Waals surface area contributed by atoms with Crippen LogP contribution in [0.4, 0.5) is 0 Å². The molecule has 0 unspecified atom stereocenters. The van der Waals surface area contributed by atoms with E-state index >= 15 is 0 Å². The van der Waals surface area contributed by atoms with Crippen LogP contribution in [0.1, 0.15) is 0 Å². The zero-order valence-corrected chi connectivity index (χ0v) is 9.54. The van der Waals surface area contributed by atoms with E-state index in [1.165, 1.54) is 38.2 Å². The maximum absolute atomic E-state index is 3.52. The number of hydrogen-bond acceptors (Lipinski definition) is 0. The van der Waals surface area contributed by atoms with Crippen molar-refractivity contribution in [1.29, 1.82) is 0 Å². The van der Waals surface area contributed by atoms with Gasteiger partial charge in [-0.25, -0.2) is 0 Å². The van der Waals surface area contributed by atoms with Gasteiger partial charge in [0.25, 0.3) is 0 Å². The summed E-state index contributed by atoms with van der Waals surface area (Å²) in [5.74, 6) is 0. The van der Waals surface area contributed by atoms with E-state index in [4.69, 9.17) is 0 Å². The molecule has 80 valence electrons. The van der Waals surface area contributed by atoms with Crippen molar-refractivity contribution < 1.29 is 0 Å². The largest absolute Gasteiger partial charge is 0.359 e. The fourth-order valence-corrected chi connectivity index (χ4v) is 2.61. The molecule has 0 saturated carbocycles. The summed E-state index contributed by atoms with van der Waals surface area (Å²) in [7, 11) is 2.12. The van der Waals surface area contributed by atoms with Crippen LogP contribution in [0.15, 0.2) is 42.6 Å². The van der Waals surface area contributed by atoms with Gasteiger partial charge in [0.05, 0.1) is 11.0 Å². The Morgan fingerprint density at radius 1 is 0.882 bits per heavy atom. The molecule has 0 saturated heterocycles. The Labute approximate surface area is 99.0 Å². The van der Waals surface area contributed by atoms with Crippen LogP contribution < -0.4 is 5.46 Å². The van der Waals surface area contributed by atoms with Crippen molar-refractivity contribution in [3.05, 3.63) is 42.6 Å². The van der Waals surface area contributed by atoms with Crippen LogP contribution in [0, 0.1) is 0 Å². The Morgan fingerprint density at radius 2 is 1.76 bits per heavy atom. The summed E-state index contributed by atoms with van der Waals surface area (Å²) in [5.41, 5.74) is 4.89. The Morgan fingerprint density at radius 3 is 2.71 bits per heavy atom. The molecule has 0 aliphatic carbocycles. The lowest BCUT2D eigenvalue weighted by Gasteiger charge is -1.93. The van der Waals surface area contributed by atoms with E-state index in [1.54, 1.807) is 0 Å². The van der Waals surface area contributed by atoms with Crippen molar-refractivity contribution >= 4 is 46.0 Å². The molecule has 0 radical (unpaired) electrons. The molecule has 2 N–H and O–H groups in total. The highest BCUT2D eigenvalue weighted by atomic mass is 14.8. The zero-order chi connectivity index (χ0) is 11.4. The molecule has 4 rings (SSSR count). The molecule has 0 aliphatic heterocycles. The molecule has 0 spiro atoms. The SMILES string of the molecule is Bc1ccc2c(c1)[nH]c1c2ccc2cc[nH]c21. The van der Waals surface area contributed by atoms with Gasteiger partial charge in [-0.2, -0.15) is 0 Å². The normalized spacial score (nSPS) is 11.8. The third-order valence-electron chi connectivity index (χ3n) is 3.45. The van der Waals surface area contributed by atoms with Crippen molar-refractivity contribution in [1.82, 2.24) is 9.97 Å². The molecule has 0 fully saturated rings. The molecule has 0 aliphatic rings. The van der Waals surface area contributed by atoms with E-state index in [2.05, 4.69) is 54.2 Å². The summed E-state index contributed by atoms with van der Waals surface area (Å²) in [6.45, 7) is 0. The quantitative estimate of drug-likeness (QED) is 0.423. The first-order valence-corrected chi connectivity index (χ1v) is 5.81. The van der Waals surface area contributed by atoms with Crippen molar-refractivity contribution in [2.75, 3.05) is 0 Å². The fraction of sp³-hybridized carbons (Fsp3) is 0. The lowest BCUT2D eigenvalue weighted by molar-refractivity contribution is 1.47. The summed E-state index contributed by atoms with van der Waals surface area (Å²) < 4.78 is 0. The molecule has 2 aromatic heterocycles. The molecule has 4 aromatic rings. The van der Waals surface area contributed by atoms with E-state index in [0.29, 0.717) is 0 Å². The van der Waals surface area contributed by atoms with Gasteiger partial charge in [0, 0.05) is 27.9 Å². The minimum Gasteiger partial charge on any atom is -0.359 e. The molecular formula is C14H11BN2. The summed E-state index contributed by atoms with van der Waals surface area (Å²) in [5, 5.41) is 3.83. The topological polar surface area (TPSA) is 31.6 Å². The van der Waals surface area contributed by atoms with Crippen molar-refractivity contribution in [2.24, 2.45) is 0 Å². The second kappa shape index (κ2) is 2.95. The van der Waals surface area contributed by atoms with Crippen LogP contribution in [0.2, 0.25) is 0 Å². The van der Waals surface area contributed by atoms with E-state index in [0.717, 1.165) is 0 Å². The van der Waals surface area contributed by atoms with Crippen LogP contribution in [-0.2, 0) is 0 Å². The third kappa shape index (κ3) is 1.11. The molecule has 2 heterocycles. The van der Waals surface area contributed by atoms with E-state index in [-0.39, 0.29) is 0 Å². The summed E-state index contributed by atoms with van der Waals surface area (Å²) >= 11 is 0. The van der Waals surface area contributed by atoms with Gasteiger partial charge in [-0.05, 0) is 12.1 Å². The van der Waals surface area contributed by atoms with Gasteiger partial charge in [-0.3, -0.25) is 0 Å². The van der Waals surface area contributed by atoms with Crippen LogP contribution in [0.25, 0.3) is 32.7 Å². The molecule has 0 bridgehead atoms. The maximum Gasteiger partial charge on any atom is 0.139 e. The Hall–Kier alpha value is -2.16. The zero-order valence-electron chi connectivity index (χ0n) is 9.54. The number of benzene rings is 2. The number of hydrogen-bond donors (Lipinski definition) is 2. The van der Waals surface area contributed by atoms with Crippen molar-refractivity contribution in [3.63, 3.8) is 0 Å². The van der Waals surface area contributed by atoms with Gasteiger partial charge in [0.15, 0.2) is 0 Å². The number of aromatic nitrogens is 2. The fourth-order valence-electron chi connectivity index (χ4n) is 2.61. The van der Waals surface area contributed by atoms with Gasteiger partial charge in [0.1, 0.15) is 7.85 Å². The number of H-pyrrole nitrogens is 2. The average Bonchev–Trinajstić information content (AvgIpc) is 2.90. The molecule has 2 aromatic carbocycles. The smallest absolute Gasteiger partial charge is 0.139 e. The number of aromatic amines is 2. The van der Waals surface area contributed by atoms with Crippen LogP contribution in [-0.4, -0.2) is 17.8 Å². The molecular weight excluding hydrogens is 207 g/mol. The third-order valence-corrected chi connectivity index (χ3v) is 3.45. The standard InChI is InChI=1S/C14H11BN2/c15-9-2-4-10-11-3-1-8-5-6-16-13(8)14(11)17-12(10)7-9/h1-7,16-17H,15H2. The Balaban J connectivity index is 2.32. The Bertz CT molecular complexity index is 854. The first-order chi connectivity index (χ1) is 8.33. The second-order valence-electron chi connectivity index (χ2n) is 4.60. The maximum atomic E-state index is 3.52. The Kier molecular flexibility index (Phi) is 1.55. The van der Waals surface area contributed by atoms with Crippen LogP contribution >= 0.6 is 0 Å². The number of rotatable bonds is 0. The van der Waals surface area contributed by atoms with Crippen molar-refractivity contribution in [3.8, 4) is 0 Å². The van der Waals surface area contributed by atoms with Crippen LogP contribution in [0.5, 0.6) is 0 Å². The van der Waals surface area contributed by atoms with E-state index < -0.39 is 0 Å². The molecule has 0 amide bonds. The second-order valence-corrected chi connectivity index (χ2v) is 4.60. The van der Waals surface area contributed by atoms with E-state index in [1.807, 2.05) is 6.20 Å². The highest BCUT2D eigenvalue weighted by molar-refractivity contribution is 6.33. The minimum absolute atomic E-state index is 1.19. The van der Waals surface area contributed by atoms with Gasteiger partial charge < -0.3 is 9.97 Å². The van der Waals surface area contributed by atoms with Gasteiger partial charge >= 0.3 is 0 Å². The van der Waals surface area contributed by atoms with Gasteiger partial charge in [-0.1, -0.05) is 29.7 Å². The van der Waals surface area contributed by atoms with Gasteiger partial charge in [-0.15, -0.1) is 0 Å². The highest BCUT2D eigenvalue weighted by Crippen LogP contribution is 2.29. The van der Waals surface area contributed by atoms with E-state index in [9.17, 15) is 0 Å². The number of nitrogens with one attached hydrogen (secondary N) is 2. The van der Waals surface area contributed by atoms with Crippen molar-refractivity contribution in [2.45, 2.75) is 0 Å². The molecule has 0 atom stereocenters. The van der Waals surface area contributed by atoms with Crippen LogP contribution in [0.3, 0.4) is 0 Å². The summed E-state index contributed by atoms with van der Waals surface area (Å²) in [6, 6.07) is 13.0. The predicted molar refractivity (Wildman–Crippen MR) is 75.8 cm³/mol. The molecule has 17 heavy (non-hydrogen) atoms. The minimum atomic E-state index is 1.19. The van der Waals surface area contributed by atoms with Gasteiger partial charge in [0.2, 0.25) is 0 Å². The molecule has 3 heteroatoms. The lowest BCUT2D eigenvalue weighted by Crippen LogP contribution is -1.98. The number of fused-ring (bicyclic) bond motifs is 5. The highest BCUT2D eigenvalue weighted by Gasteiger charge is 2.07. The first-order valence-electron chi connectivity index (χ1n) is 5.81. The summed E-state index contributed by atoms with van der Waals surface area (Å²) in [6.07, 6.45) is 1.99. The predicted octanol–water partition coefficient (Wildman–Crippen LogP) is 2.06. The lowest BCUT2D eigenvalue weighted by atomic mass is 9.95. The monoisotopic (exact) mass is 218 g/mol. The first kappa shape index (κ1) is 8.94.